The lowest BCUT2D eigenvalue weighted by Gasteiger charge is -2.32. The van der Waals surface area contributed by atoms with Crippen molar-refractivity contribution in [1.82, 2.24) is 24.9 Å². The van der Waals surface area contributed by atoms with Crippen molar-refractivity contribution in [1.29, 1.82) is 0 Å². The SMILES string of the molecule is C[C@H](CC(F)(F)F)N(C(=O)O)C1CCC(c2cc(NC(=O)Cc3cnn(C)c3)n[nH]2)C1. The van der Waals surface area contributed by atoms with E-state index in [0.29, 0.717) is 30.8 Å². The molecule has 3 rings (SSSR count). The number of rotatable bonds is 7. The Kier molecular flexibility index (Phi) is 6.56. The summed E-state index contributed by atoms with van der Waals surface area (Å²) in [6.07, 6.45) is -2.03. The molecule has 12 heteroatoms. The number of amides is 2. The summed E-state index contributed by atoms with van der Waals surface area (Å²) < 4.78 is 39.8. The van der Waals surface area contributed by atoms with Crippen LogP contribution in [-0.4, -0.2) is 60.2 Å². The van der Waals surface area contributed by atoms with Crippen molar-refractivity contribution in [3.8, 4) is 0 Å². The second-order valence-corrected chi connectivity index (χ2v) is 7.98. The second-order valence-electron chi connectivity index (χ2n) is 7.98. The van der Waals surface area contributed by atoms with E-state index in [0.717, 1.165) is 10.5 Å². The number of aromatic amines is 1. The van der Waals surface area contributed by atoms with Gasteiger partial charge in [0.05, 0.1) is 19.0 Å². The zero-order chi connectivity index (χ0) is 22.8. The Morgan fingerprint density at radius 3 is 2.77 bits per heavy atom. The number of hydrogen-bond acceptors (Lipinski definition) is 4. The van der Waals surface area contributed by atoms with Gasteiger partial charge in [0.2, 0.25) is 5.91 Å². The van der Waals surface area contributed by atoms with E-state index < -0.39 is 30.8 Å². The molecule has 0 saturated heterocycles. The quantitative estimate of drug-likeness (QED) is 0.609. The van der Waals surface area contributed by atoms with Gasteiger partial charge in [0, 0.05) is 43.0 Å². The van der Waals surface area contributed by atoms with Crippen LogP contribution in [0, 0.1) is 0 Å². The molecule has 0 radical (unpaired) electrons. The van der Waals surface area contributed by atoms with Gasteiger partial charge in [0.1, 0.15) is 0 Å². The number of carbonyl (C=O) groups is 2. The Hall–Kier alpha value is -3.05. The van der Waals surface area contributed by atoms with Gasteiger partial charge in [-0.1, -0.05) is 0 Å². The van der Waals surface area contributed by atoms with Crippen LogP contribution in [0.1, 0.15) is 49.8 Å². The second kappa shape index (κ2) is 8.98. The third-order valence-corrected chi connectivity index (χ3v) is 5.45. The molecule has 0 bridgehead atoms. The molecule has 2 unspecified atom stereocenters. The summed E-state index contributed by atoms with van der Waals surface area (Å²) in [6, 6.07) is 0.00967. The van der Waals surface area contributed by atoms with E-state index in [1.165, 1.54) is 6.92 Å². The van der Waals surface area contributed by atoms with Gasteiger partial charge in [-0.25, -0.2) is 4.79 Å². The predicted octanol–water partition coefficient (Wildman–Crippen LogP) is 3.28. The van der Waals surface area contributed by atoms with E-state index in [1.807, 2.05) is 0 Å². The third kappa shape index (κ3) is 5.98. The van der Waals surface area contributed by atoms with Gasteiger partial charge in [-0.05, 0) is 31.7 Å². The van der Waals surface area contributed by atoms with Gasteiger partial charge >= 0.3 is 12.3 Å². The lowest BCUT2D eigenvalue weighted by Crippen LogP contribution is -2.46. The van der Waals surface area contributed by atoms with Gasteiger partial charge < -0.3 is 15.3 Å². The van der Waals surface area contributed by atoms with Crippen molar-refractivity contribution in [3.63, 3.8) is 0 Å². The number of halogens is 3. The molecule has 0 aliphatic heterocycles. The van der Waals surface area contributed by atoms with Crippen LogP contribution < -0.4 is 5.32 Å². The first-order chi connectivity index (χ1) is 14.5. The molecule has 2 aromatic rings. The summed E-state index contributed by atoms with van der Waals surface area (Å²) in [7, 11) is 1.76. The maximum absolute atomic E-state index is 12.7. The van der Waals surface area contributed by atoms with Crippen molar-refractivity contribution in [2.75, 3.05) is 5.32 Å². The van der Waals surface area contributed by atoms with Crippen LogP contribution in [-0.2, 0) is 18.3 Å². The lowest BCUT2D eigenvalue weighted by atomic mass is 10.0. The predicted molar refractivity (Wildman–Crippen MR) is 105 cm³/mol. The zero-order valence-corrected chi connectivity index (χ0v) is 17.2. The van der Waals surface area contributed by atoms with Gasteiger partial charge in [-0.3, -0.25) is 14.6 Å². The molecule has 2 aromatic heterocycles. The number of hydrogen-bond donors (Lipinski definition) is 3. The first-order valence-electron chi connectivity index (χ1n) is 9.92. The van der Waals surface area contributed by atoms with Gasteiger partial charge in [-0.2, -0.15) is 23.4 Å². The first kappa shape index (κ1) is 22.6. The van der Waals surface area contributed by atoms with Crippen LogP contribution in [0.15, 0.2) is 18.5 Å². The summed E-state index contributed by atoms with van der Waals surface area (Å²) in [5.41, 5.74) is 1.48. The van der Waals surface area contributed by atoms with E-state index in [1.54, 1.807) is 30.2 Å². The Balaban J connectivity index is 1.59. The number of carboxylic acid groups (broad SMARTS) is 1. The van der Waals surface area contributed by atoms with E-state index in [-0.39, 0.29) is 18.2 Å². The Labute approximate surface area is 176 Å². The number of aryl methyl sites for hydroxylation is 1. The number of alkyl halides is 3. The number of anilines is 1. The lowest BCUT2D eigenvalue weighted by molar-refractivity contribution is -0.145. The number of nitrogens with one attached hydrogen (secondary N) is 2. The number of H-pyrrole nitrogens is 1. The topological polar surface area (TPSA) is 116 Å². The maximum atomic E-state index is 12.7. The van der Waals surface area contributed by atoms with Crippen molar-refractivity contribution in [3.05, 3.63) is 29.7 Å². The Morgan fingerprint density at radius 2 is 2.16 bits per heavy atom. The minimum absolute atomic E-state index is 0.0820. The van der Waals surface area contributed by atoms with E-state index in [2.05, 4.69) is 20.6 Å². The normalized spacial score (nSPS) is 19.9. The molecule has 1 saturated carbocycles. The van der Waals surface area contributed by atoms with Crippen molar-refractivity contribution < 1.29 is 27.9 Å². The van der Waals surface area contributed by atoms with E-state index in [9.17, 15) is 27.9 Å². The van der Waals surface area contributed by atoms with Crippen LogP contribution >= 0.6 is 0 Å². The van der Waals surface area contributed by atoms with E-state index >= 15 is 0 Å². The molecule has 9 nitrogen and oxygen atoms in total. The summed E-state index contributed by atoms with van der Waals surface area (Å²) >= 11 is 0. The van der Waals surface area contributed by atoms with Crippen LogP contribution in [0.4, 0.5) is 23.8 Å². The van der Waals surface area contributed by atoms with Crippen molar-refractivity contribution in [2.45, 2.75) is 63.2 Å². The summed E-state index contributed by atoms with van der Waals surface area (Å²) in [5.74, 6) is 0.00246. The molecule has 1 aliphatic rings. The molecule has 170 valence electrons. The fraction of sp³-hybridized carbons (Fsp3) is 0.579. The maximum Gasteiger partial charge on any atom is 0.407 e. The fourth-order valence-electron chi connectivity index (χ4n) is 4.18. The van der Waals surface area contributed by atoms with Crippen LogP contribution in [0.3, 0.4) is 0 Å². The van der Waals surface area contributed by atoms with Gasteiger partial charge in [0.15, 0.2) is 5.82 Å². The summed E-state index contributed by atoms with van der Waals surface area (Å²) in [5, 5.41) is 23.1. The Morgan fingerprint density at radius 1 is 1.42 bits per heavy atom. The zero-order valence-electron chi connectivity index (χ0n) is 17.2. The van der Waals surface area contributed by atoms with Crippen LogP contribution in [0.25, 0.3) is 0 Å². The molecule has 2 heterocycles. The molecule has 3 N–H and O–H groups in total. The molecule has 1 fully saturated rings. The highest BCUT2D eigenvalue weighted by Crippen LogP contribution is 2.38. The number of carbonyl (C=O) groups excluding carboxylic acids is 1. The molecule has 0 spiro atoms. The van der Waals surface area contributed by atoms with E-state index in [4.69, 9.17) is 0 Å². The molecular weight excluding hydrogens is 417 g/mol. The smallest absolute Gasteiger partial charge is 0.407 e. The largest absolute Gasteiger partial charge is 0.465 e. The fourth-order valence-corrected chi connectivity index (χ4v) is 4.18. The average molecular weight is 442 g/mol. The van der Waals surface area contributed by atoms with Gasteiger partial charge in [0.25, 0.3) is 0 Å². The van der Waals surface area contributed by atoms with Crippen LogP contribution in [0.5, 0.6) is 0 Å². The summed E-state index contributed by atoms with van der Waals surface area (Å²) in [6.45, 7) is 1.28. The number of nitrogens with zero attached hydrogens (tertiary/aromatic N) is 4. The molecule has 0 aromatic carbocycles. The molecule has 1 aliphatic carbocycles. The van der Waals surface area contributed by atoms with Crippen molar-refractivity contribution in [2.24, 2.45) is 7.05 Å². The highest BCUT2D eigenvalue weighted by atomic mass is 19.4. The first-order valence-corrected chi connectivity index (χ1v) is 9.92. The van der Waals surface area contributed by atoms with Crippen LogP contribution in [0.2, 0.25) is 0 Å². The third-order valence-electron chi connectivity index (χ3n) is 5.45. The monoisotopic (exact) mass is 442 g/mol. The standard InChI is InChI=1S/C19H25F3N6O3/c1-11(8-19(20,21)22)28(18(30)31)14-4-3-13(6-14)15-7-16(26-25-15)24-17(29)5-12-9-23-27(2)10-12/h7,9-11,13-14H,3-6,8H2,1-2H3,(H,30,31)(H2,24,25,26,29)/t11-,13?,14?/m1/s1. The number of aromatic nitrogens is 4. The van der Waals surface area contributed by atoms with Gasteiger partial charge in [-0.15, -0.1) is 0 Å². The minimum Gasteiger partial charge on any atom is -0.465 e. The highest BCUT2D eigenvalue weighted by Gasteiger charge is 2.40. The molecule has 2 amide bonds. The summed E-state index contributed by atoms with van der Waals surface area (Å²) in [4.78, 5) is 24.7. The molecular formula is C19H25F3N6O3. The molecule has 31 heavy (non-hydrogen) atoms. The minimum atomic E-state index is -4.43. The van der Waals surface area contributed by atoms with Crippen molar-refractivity contribution >= 4 is 17.8 Å². The molecule has 3 atom stereocenters. The Bertz CT molecular complexity index is 925. The average Bonchev–Trinajstić information content (AvgIpc) is 3.35. The highest BCUT2D eigenvalue weighted by molar-refractivity contribution is 5.91.